The minimum Gasteiger partial charge on any atom is -0.388 e. The van der Waals surface area contributed by atoms with Crippen molar-refractivity contribution in [3.05, 3.63) is 35.9 Å². The Morgan fingerprint density at radius 2 is 1.86 bits per heavy atom. The van der Waals surface area contributed by atoms with Crippen LogP contribution in [0.5, 0.6) is 0 Å². The molecule has 21 heavy (non-hydrogen) atoms. The molecule has 1 aromatic rings. The first-order valence-corrected chi connectivity index (χ1v) is 9.36. The first-order chi connectivity index (χ1) is 10.0. The highest BCUT2D eigenvalue weighted by Gasteiger charge is 2.31. The minimum atomic E-state index is -3.11. The molecule has 1 aromatic carbocycles. The number of unbranched alkanes of at least 4 members (excludes halogenated alkanes) is 1. The van der Waals surface area contributed by atoms with E-state index in [9.17, 15) is 13.5 Å². The zero-order valence-electron chi connectivity index (χ0n) is 12.6. The molecule has 0 aromatic heterocycles. The van der Waals surface area contributed by atoms with Crippen molar-refractivity contribution in [3.63, 3.8) is 0 Å². The molecule has 1 fully saturated rings. The highest BCUT2D eigenvalue weighted by atomic mass is 32.2. The van der Waals surface area contributed by atoms with E-state index >= 15 is 0 Å². The van der Waals surface area contributed by atoms with E-state index in [0.29, 0.717) is 13.1 Å². The van der Waals surface area contributed by atoms with Crippen LogP contribution < -0.4 is 0 Å². The van der Waals surface area contributed by atoms with Crippen molar-refractivity contribution >= 4 is 10.0 Å². The first kappa shape index (κ1) is 16.5. The summed E-state index contributed by atoms with van der Waals surface area (Å²) in [6, 6.07) is 9.62. The van der Waals surface area contributed by atoms with Crippen LogP contribution in [0.1, 0.15) is 44.3 Å². The van der Waals surface area contributed by atoms with Gasteiger partial charge in [0, 0.05) is 13.1 Å². The fraction of sp³-hybridized carbons (Fsp3) is 0.625. The van der Waals surface area contributed by atoms with Gasteiger partial charge in [0.2, 0.25) is 10.0 Å². The van der Waals surface area contributed by atoms with Crippen molar-refractivity contribution < 1.29 is 13.5 Å². The lowest BCUT2D eigenvalue weighted by Gasteiger charge is -2.33. The van der Waals surface area contributed by atoms with Crippen molar-refractivity contribution in [1.82, 2.24) is 4.31 Å². The summed E-state index contributed by atoms with van der Waals surface area (Å²) < 4.78 is 25.9. The average Bonchev–Trinajstić information content (AvgIpc) is 2.53. The van der Waals surface area contributed by atoms with Gasteiger partial charge in [-0.3, -0.25) is 0 Å². The Morgan fingerprint density at radius 3 is 2.43 bits per heavy atom. The number of sulfonamides is 1. The second kappa shape index (κ2) is 7.38. The molecule has 1 aliphatic rings. The lowest BCUT2D eigenvalue weighted by Crippen LogP contribution is -2.40. The van der Waals surface area contributed by atoms with Gasteiger partial charge in [-0.2, -0.15) is 0 Å². The van der Waals surface area contributed by atoms with Crippen molar-refractivity contribution in [1.29, 1.82) is 0 Å². The van der Waals surface area contributed by atoms with Gasteiger partial charge in [0.25, 0.3) is 0 Å². The lowest BCUT2D eigenvalue weighted by atomic mass is 9.88. The predicted molar refractivity (Wildman–Crippen MR) is 84.4 cm³/mol. The average molecular weight is 311 g/mol. The number of benzene rings is 1. The third kappa shape index (κ3) is 4.28. The largest absolute Gasteiger partial charge is 0.388 e. The fourth-order valence-electron chi connectivity index (χ4n) is 2.85. The predicted octanol–water partition coefficient (Wildman–Crippen LogP) is 2.56. The number of rotatable bonds is 6. The van der Waals surface area contributed by atoms with E-state index < -0.39 is 16.1 Å². The van der Waals surface area contributed by atoms with Crippen LogP contribution in [0, 0.1) is 5.92 Å². The van der Waals surface area contributed by atoms with E-state index in [0.717, 1.165) is 31.2 Å². The van der Waals surface area contributed by atoms with E-state index in [1.54, 1.807) is 4.31 Å². The van der Waals surface area contributed by atoms with Crippen molar-refractivity contribution in [2.75, 3.05) is 18.8 Å². The SMILES string of the molecule is CCCCS(=O)(=O)N1CCC(C(O)c2ccccc2)CC1. The Kier molecular flexibility index (Phi) is 5.79. The molecule has 0 radical (unpaired) electrons. The van der Waals surface area contributed by atoms with Crippen LogP contribution in [0.4, 0.5) is 0 Å². The third-order valence-corrected chi connectivity index (χ3v) is 6.19. The maximum atomic E-state index is 12.2. The molecule has 1 heterocycles. The summed E-state index contributed by atoms with van der Waals surface area (Å²) in [5, 5.41) is 10.4. The molecular weight excluding hydrogens is 286 g/mol. The van der Waals surface area contributed by atoms with Crippen LogP contribution in [0.15, 0.2) is 30.3 Å². The van der Waals surface area contributed by atoms with E-state index in [4.69, 9.17) is 0 Å². The van der Waals surface area contributed by atoms with E-state index in [1.807, 2.05) is 37.3 Å². The maximum absolute atomic E-state index is 12.2. The van der Waals surface area contributed by atoms with Gasteiger partial charge in [0.15, 0.2) is 0 Å². The number of aliphatic hydroxyl groups excluding tert-OH is 1. The van der Waals surface area contributed by atoms with Crippen LogP contribution in [0.25, 0.3) is 0 Å². The third-order valence-electron chi connectivity index (χ3n) is 4.24. The zero-order chi connectivity index (χ0) is 15.3. The molecule has 0 bridgehead atoms. The molecular formula is C16H25NO3S. The summed E-state index contributed by atoms with van der Waals surface area (Å²) in [7, 11) is -3.11. The number of nitrogens with zero attached hydrogens (tertiary/aromatic N) is 1. The molecule has 1 unspecified atom stereocenters. The molecule has 0 spiro atoms. The first-order valence-electron chi connectivity index (χ1n) is 7.75. The minimum absolute atomic E-state index is 0.144. The summed E-state index contributed by atoms with van der Waals surface area (Å²) in [6.07, 6.45) is 2.56. The van der Waals surface area contributed by atoms with Crippen LogP contribution in [0.2, 0.25) is 0 Å². The molecule has 1 aliphatic heterocycles. The molecule has 118 valence electrons. The van der Waals surface area contributed by atoms with Crippen LogP contribution in [-0.2, 0) is 10.0 Å². The summed E-state index contributed by atoms with van der Waals surface area (Å²) >= 11 is 0. The summed E-state index contributed by atoms with van der Waals surface area (Å²) in [6.45, 7) is 3.05. The van der Waals surface area contributed by atoms with Gasteiger partial charge in [-0.05, 0) is 30.7 Å². The number of piperidine rings is 1. The quantitative estimate of drug-likeness (QED) is 0.878. The normalized spacial score (nSPS) is 19.5. The van der Waals surface area contributed by atoms with E-state index in [-0.39, 0.29) is 11.7 Å². The molecule has 0 aliphatic carbocycles. The fourth-order valence-corrected chi connectivity index (χ4v) is 4.53. The van der Waals surface area contributed by atoms with Crippen molar-refractivity contribution in [2.24, 2.45) is 5.92 Å². The second-order valence-corrected chi connectivity index (χ2v) is 7.85. The molecule has 1 N–H and O–H groups in total. The lowest BCUT2D eigenvalue weighted by molar-refractivity contribution is 0.0760. The Labute approximate surface area is 127 Å². The highest BCUT2D eigenvalue weighted by Crippen LogP contribution is 2.31. The Hall–Kier alpha value is -0.910. The van der Waals surface area contributed by atoms with Crippen LogP contribution in [-0.4, -0.2) is 36.7 Å². The Balaban J connectivity index is 1.91. The van der Waals surface area contributed by atoms with Gasteiger partial charge < -0.3 is 5.11 Å². The molecule has 4 nitrogen and oxygen atoms in total. The number of hydrogen-bond donors (Lipinski definition) is 1. The van der Waals surface area contributed by atoms with Gasteiger partial charge in [0.05, 0.1) is 11.9 Å². The van der Waals surface area contributed by atoms with Gasteiger partial charge in [-0.15, -0.1) is 0 Å². The maximum Gasteiger partial charge on any atom is 0.214 e. The molecule has 0 amide bonds. The Morgan fingerprint density at radius 1 is 1.24 bits per heavy atom. The number of aliphatic hydroxyl groups is 1. The van der Waals surface area contributed by atoms with E-state index in [1.165, 1.54) is 0 Å². The Bertz CT molecular complexity index is 522. The molecule has 1 saturated heterocycles. The van der Waals surface area contributed by atoms with Gasteiger partial charge >= 0.3 is 0 Å². The standard InChI is InChI=1S/C16H25NO3S/c1-2-3-13-21(19,20)17-11-9-15(10-12-17)16(18)14-7-5-4-6-8-14/h4-8,15-16,18H,2-3,9-13H2,1H3. The summed E-state index contributed by atoms with van der Waals surface area (Å²) in [5.74, 6) is 0.389. The topological polar surface area (TPSA) is 57.6 Å². The highest BCUT2D eigenvalue weighted by molar-refractivity contribution is 7.89. The second-order valence-electron chi connectivity index (χ2n) is 5.76. The van der Waals surface area contributed by atoms with Crippen molar-refractivity contribution in [2.45, 2.75) is 38.7 Å². The molecule has 5 heteroatoms. The van der Waals surface area contributed by atoms with Gasteiger partial charge in [0.1, 0.15) is 0 Å². The number of hydrogen-bond acceptors (Lipinski definition) is 3. The monoisotopic (exact) mass is 311 g/mol. The molecule has 2 rings (SSSR count). The van der Waals surface area contributed by atoms with E-state index in [2.05, 4.69) is 0 Å². The molecule has 0 saturated carbocycles. The smallest absolute Gasteiger partial charge is 0.214 e. The summed E-state index contributed by atoms with van der Waals surface area (Å²) in [4.78, 5) is 0. The van der Waals surface area contributed by atoms with Crippen LogP contribution >= 0.6 is 0 Å². The molecule has 1 atom stereocenters. The van der Waals surface area contributed by atoms with Crippen molar-refractivity contribution in [3.8, 4) is 0 Å². The zero-order valence-corrected chi connectivity index (χ0v) is 13.4. The summed E-state index contributed by atoms with van der Waals surface area (Å²) in [5.41, 5.74) is 0.921. The van der Waals surface area contributed by atoms with Gasteiger partial charge in [-0.1, -0.05) is 43.7 Å². The van der Waals surface area contributed by atoms with Gasteiger partial charge in [-0.25, -0.2) is 12.7 Å². The van der Waals surface area contributed by atoms with Crippen LogP contribution in [0.3, 0.4) is 0 Å².